The van der Waals surface area contributed by atoms with Crippen molar-refractivity contribution >= 4 is 23.8 Å². The molecule has 8 heteroatoms. The smallest absolute Gasteiger partial charge is 0.408 e. The van der Waals surface area contributed by atoms with Gasteiger partial charge in [-0.1, -0.05) is 30.3 Å². The van der Waals surface area contributed by atoms with E-state index in [1.54, 1.807) is 11.8 Å². The van der Waals surface area contributed by atoms with Gasteiger partial charge in [-0.15, -0.1) is 0 Å². The average Bonchev–Trinajstić information content (AvgIpc) is 3.20. The van der Waals surface area contributed by atoms with Crippen molar-refractivity contribution in [2.75, 3.05) is 25.2 Å². The second-order valence-electron chi connectivity index (χ2n) is 7.43. The molecule has 1 aromatic carbocycles. The van der Waals surface area contributed by atoms with Crippen LogP contribution in [0.4, 0.5) is 4.79 Å². The molecule has 0 unspecified atom stereocenters. The lowest BCUT2D eigenvalue weighted by Gasteiger charge is -2.36. The Morgan fingerprint density at radius 3 is 2.55 bits per heavy atom. The predicted octanol–water partition coefficient (Wildman–Crippen LogP) is 2.84. The average molecular weight is 423 g/mol. The normalized spacial score (nSPS) is 19.6. The van der Waals surface area contributed by atoms with Gasteiger partial charge in [0.15, 0.2) is 5.79 Å². The third kappa shape index (κ3) is 6.62. The third-order valence-electron chi connectivity index (χ3n) is 5.34. The molecule has 1 aliphatic carbocycles. The molecule has 160 valence electrons. The number of thioether (sulfide) groups is 1. The maximum atomic E-state index is 12.8. The molecule has 0 radical (unpaired) electrons. The van der Waals surface area contributed by atoms with Crippen molar-refractivity contribution in [1.29, 1.82) is 0 Å². The Morgan fingerprint density at radius 2 is 1.90 bits per heavy atom. The van der Waals surface area contributed by atoms with Crippen LogP contribution in [0.3, 0.4) is 0 Å². The van der Waals surface area contributed by atoms with Gasteiger partial charge in [-0.2, -0.15) is 11.8 Å². The van der Waals surface area contributed by atoms with E-state index in [9.17, 15) is 9.59 Å². The topological polar surface area (TPSA) is 85.9 Å². The van der Waals surface area contributed by atoms with Crippen LogP contribution < -0.4 is 10.6 Å². The number of ether oxygens (including phenoxy) is 3. The highest BCUT2D eigenvalue weighted by Crippen LogP contribution is 2.35. The van der Waals surface area contributed by atoms with E-state index < -0.39 is 17.9 Å². The lowest BCUT2D eigenvalue weighted by atomic mass is 9.90. The summed E-state index contributed by atoms with van der Waals surface area (Å²) >= 11 is 1.64. The van der Waals surface area contributed by atoms with E-state index in [4.69, 9.17) is 14.2 Å². The first kappa shape index (κ1) is 21.9. The molecule has 1 saturated carbocycles. The van der Waals surface area contributed by atoms with Gasteiger partial charge in [0.25, 0.3) is 0 Å². The fraction of sp³-hybridized carbons (Fsp3) is 0.619. The monoisotopic (exact) mass is 422 g/mol. The zero-order chi connectivity index (χ0) is 20.5. The summed E-state index contributed by atoms with van der Waals surface area (Å²) in [5, 5.41) is 5.81. The molecule has 0 bridgehead atoms. The SMILES string of the molecule is CSCC[C@H](NC(=O)OCc1ccccc1)C(=O)NC1CCC2(CC1)OCCO2. The van der Waals surface area contributed by atoms with E-state index in [1.165, 1.54) is 0 Å². The molecule has 1 aromatic rings. The fourth-order valence-electron chi connectivity index (χ4n) is 3.70. The molecule has 3 rings (SSSR count). The quantitative estimate of drug-likeness (QED) is 0.670. The molecule has 7 nitrogen and oxygen atoms in total. The highest BCUT2D eigenvalue weighted by Gasteiger charge is 2.40. The van der Waals surface area contributed by atoms with E-state index in [-0.39, 0.29) is 18.6 Å². The fourth-order valence-corrected chi connectivity index (χ4v) is 4.17. The summed E-state index contributed by atoms with van der Waals surface area (Å²) in [6, 6.07) is 8.92. The van der Waals surface area contributed by atoms with Crippen LogP contribution in [0.2, 0.25) is 0 Å². The van der Waals surface area contributed by atoms with Gasteiger partial charge in [-0.3, -0.25) is 4.79 Å². The molecule has 1 spiro atoms. The van der Waals surface area contributed by atoms with Gasteiger partial charge in [0, 0.05) is 18.9 Å². The molecule has 2 aliphatic rings. The van der Waals surface area contributed by atoms with Crippen LogP contribution in [-0.4, -0.2) is 55.1 Å². The van der Waals surface area contributed by atoms with Crippen LogP contribution in [0.25, 0.3) is 0 Å². The highest BCUT2D eigenvalue weighted by molar-refractivity contribution is 7.98. The van der Waals surface area contributed by atoms with Gasteiger partial charge in [0.05, 0.1) is 13.2 Å². The van der Waals surface area contributed by atoms with Gasteiger partial charge in [-0.05, 0) is 36.8 Å². The van der Waals surface area contributed by atoms with Gasteiger partial charge in [0.2, 0.25) is 5.91 Å². The molecule has 2 N–H and O–H groups in total. The molecule has 1 aliphatic heterocycles. The minimum Gasteiger partial charge on any atom is -0.445 e. The van der Waals surface area contributed by atoms with Crippen molar-refractivity contribution in [3.63, 3.8) is 0 Å². The summed E-state index contributed by atoms with van der Waals surface area (Å²) in [5.74, 6) is 0.163. The summed E-state index contributed by atoms with van der Waals surface area (Å²) in [4.78, 5) is 25.0. The second-order valence-corrected chi connectivity index (χ2v) is 8.42. The maximum Gasteiger partial charge on any atom is 0.408 e. The number of carbonyl (C=O) groups is 2. The summed E-state index contributed by atoms with van der Waals surface area (Å²) in [5.41, 5.74) is 0.903. The van der Waals surface area contributed by atoms with Crippen molar-refractivity contribution < 1.29 is 23.8 Å². The second kappa shape index (κ2) is 10.8. The molecule has 0 aromatic heterocycles. The molecular weight excluding hydrogens is 392 g/mol. The zero-order valence-corrected chi connectivity index (χ0v) is 17.7. The number of nitrogens with one attached hydrogen (secondary N) is 2. The Kier molecular flexibility index (Phi) is 8.20. The zero-order valence-electron chi connectivity index (χ0n) is 16.9. The molecular formula is C21H30N2O5S. The Bertz CT molecular complexity index is 656. The summed E-state index contributed by atoms with van der Waals surface area (Å²) in [6.07, 6.45) is 5.12. The van der Waals surface area contributed by atoms with Crippen molar-refractivity contribution in [3.05, 3.63) is 35.9 Å². The number of carbonyl (C=O) groups excluding carboxylic acids is 2. The number of alkyl carbamates (subject to hydrolysis) is 1. The van der Waals surface area contributed by atoms with Crippen molar-refractivity contribution in [2.24, 2.45) is 0 Å². The van der Waals surface area contributed by atoms with E-state index in [2.05, 4.69) is 10.6 Å². The van der Waals surface area contributed by atoms with Crippen LogP contribution in [-0.2, 0) is 25.6 Å². The van der Waals surface area contributed by atoms with Crippen LogP contribution in [0.1, 0.15) is 37.7 Å². The van der Waals surface area contributed by atoms with Crippen molar-refractivity contribution in [1.82, 2.24) is 10.6 Å². The van der Waals surface area contributed by atoms with Gasteiger partial charge >= 0.3 is 6.09 Å². The largest absolute Gasteiger partial charge is 0.445 e. The van der Waals surface area contributed by atoms with E-state index >= 15 is 0 Å². The first-order valence-electron chi connectivity index (χ1n) is 10.1. The number of amides is 2. The molecule has 2 fully saturated rings. The van der Waals surface area contributed by atoms with Crippen molar-refractivity contribution in [2.45, 2.75) is 56.6 Å². The van der Waals surface area contributed by atoms with Crippen LogP contribution in [0.5, 0.6) is 0 Å². The Balaban J connectivity index is 1.46. The summed E-state index contributed by atoms with van der Waals surface area (Å²) in [6.45, 7) is 1.46. The highest BCUT2D eigenvalue weighted by atomic mass is 32.2. The number of benzene rings is 1. The minimum absolute atomic E-state index is 0.0693. The standard InChI is InChI=1S/C21H30N2O5S/c1-29-14-9-18(23-20(25)26-15-16-5-3-2-4-6-16)19(24)22-17-7-10-21(11-8-17)27-12-13-28-21/h2-6,17-18H,7-15H2,1H3,(H,22,24)(H,23,25)/t18-/m0/s1. The third-order valence-corrected chi connectivity index (χ3v) is 5.98. The van der Waals surface area contributed by atoms with E-state index in [1.807, 2.05) is 36.6 Å². The van der Waals surface area contributed by atoms with Crippen LogP contribution >= 0.6 is 11.8 Å². The lowest BCUT2D eigenvalue weighted by molar-refractivity contribution is -0.180. The Labute approximate surface area is 176 Å². The summed E-state index contributed by atoms with van der Waals surface area (Å²) < 4.78 is 16.8. The van der Waals surface area contributed by atoms with E-state index in [0.29, 0.717) is 19.6 Å². The Morgan fingerprint density at radius 1 is 1.21 bits per heavy atom. The molecule has 1 atom stereocenters. The van der Waals surface area contributed by atoms with Gasteiger partial charge < -0.3 is 24.8 Å². The minimum atomic E-state index is -0.611. The molecule has 1 saturated heterocycles. The van der Waals surface area contributed by atoms with Gasteiger partial charge in [-0.25, -0.2) is 4.79 Å². The molecule has 1 heterocycles. The first-order chi connectivity index (χ1) is 14.1. The van der Waals surface area contributed by atoms with Gasteiger partial charge in [0.1, 0.15) is 12.6 Å². The number of rotatable bonds is 8. The lowest BCUT2D eigenvalue weighted by Crippen LogP contribution is -2.52. The first-order valence-corrected chi connectivity index (χ1v) is 11.5. The van der Waals surface area contributed by atoms with Crippen LogP contribution in [0, 0.1) is 0 Å². The Hall–Kier alpha value is -1.77. The van der Waals surface area contributed by atoms with Crippen LogP contribution in [0.15, 0.2) is 30.3 Å². The molecule has 2 amide bonds. The maximum absolute atomic E-state index is 12.8. The molecule has 29 heavy (non-hydrogen) atoms. The number of hydrogen-bond donors (Lipinski definition) is 2. The predicted molar refractivity (Wildman–Crippen MR) is 112 cm³/mol. The summed E-state index contributed by atoms with van der Waals surface area (Å²) in [7, 11) is 0. The van der Waals surface area contributed by atoms with E-state index in [0.717, 1.165) is 37.0 Å². The number of hydrogen-bond acceptors (Lipinski definition) is 6. The van der Waals surface area contributed by atoms with Crippen molar-refractivity contribution in [3.8, 4) is 0 Å².